The Morgan fingerprint density at radius 2 is 1.71 bits per heavy atom. The average Bonchev–Trinajstić information content (AvgIpc) is 2.23. The third-order valence-electron chi connectivity index (χ3n) is 4.79. The predicted octanol–water partition coefficient (Wildman–Crippen LogP) is 2.12. The number of nitrogens with one attached hydrogen (secondary N) is 1. The zero-order valence-corrected chi connectivity index (χ0v) is 11.9. The van der Waals surface area contributed by atoms with Crippen LogP contribution in [0.3, 0.4) is 0 Å². The second-order valence-electron chi connectivity index (χ2n) is 6.15. The maximum absolute atomic E-state index is 12.0. The first-order chi connectivity index (χ1) is 7.93. The minimum atomic E-state index is -2.94. The van der Waals surface area contributed by atoms with Crippen LogP contribution in [0.2, 0.25) is 0 Å². The smallest absolute Gasteiger partial charge is 0.154 e. The van der Waals surface area contributed by atoms with Gasteiger partial charge >= 0.3 is 0 Å². The lowest BCUT2D eigenvalue weighted by atomic mass is 9.55. The first-order valence-corrected chi connectivity index (χ1v) is 8.73. The largest absolute Gasteiger partial charge is 0.315 e. The summed E-state index contributed by atoms with van der Waals surface area (Å²) in [5.74, 6) is 0. The molecule has 0 aliphatic heterocycles. The van der Waals surface area contributed by atoms with E-state index in [4.69, 9.17) is 0 Å². The molecule has 17 heavy (non-hydrogen) atoms. The van der Waals surface area contributed by atoms with Crippen LogP contribution in [0.15, 0.2) is 0 Å². The van der Waals surface area contributed by atoms with Crippen LogP contribution < -0.4 is 5.32 Å². The molecule has 0 aromatic heterocycles. The van der Waals surface area contributed by atoms with Crippen molar-refractivity contribution in [2.75, 3.05) is 19.3 Å². The van der Waals surface area contributed by atoms with Crippen LogP contribution in [0.4, 0.5) is 0 Å². The molecule has 0 bridgehead atoms. The molecule has 0 radical (unpaired) electrons. The van der Waals surface area contributed by atoms with Crippen molar-refractivity contribution in [2.45, 2.75) is 56.6 Å². The molecule has 2 rings (SSSR count). The number of rotatable bonds is 4. The molecule has 4 heteroatoms. The zero-order valence-electron chi connectivity index (χ0n) is 11.1. The van der Waals surface area contributed by atoms with E-state index >= 15 is 0 Å². The first-order valence-electron chi connectivity index (χ1n) is 6.83. The van der Waals surface area contributed by atoms with Gasteiger partial charge in [0.2, 0.25) is 0 Å². The fourth-order valence-electron chi connectivity index (χ4n) is 3.84. The van der Waals surface area contributed by atoms with Crippen molar-refractivity contribution >= 4 is 9.84 Å². The maximum atomic E-state index is 12.0. The first kappa shape index (κ1) is 13.3. The van der Waals surface area contributed by atoms with Gasteiger partial charge in [-0.25, -0.2) is 8.42 Å². The van der Waals surface area contributed by atoms with Crippen LogP contribution in [0.25, 0.3) is 0 Å². The summed E-state index contributed by atoms with van der Waals surface area (Å²) in [4.78, 5) is 0. The van der Waals surface area contributed by atoms with Gasteiger partial charge < -0.3 is 5.32 Å². The predicted molar refractivity (Wildman–Crippen MR) is 70.9 cm³/mol. The van der Waals surface area contributed by atoms with E-state index in [1.54, 1.807) is 0 Å². The molecule has 1 N–H and O–H groups in total. The molecule has 2 saturated carbocycles. The fraction of sp³-hybridized carbons (Fsp3) is 1.00. The molecule has 0 saturated heterocycles. The van der Waals surface area contributed by atoms with Gasteiger partial charge in [-0.2, -0.15) is 0 Å². The van der Waals surface area contributed by atoms with Gasteiger partial charge in [-0.05, 0) is 37.6 Å². The van der Waals surface area contributed by atoms with Crippen molar-refractivity contribution in [3.05, 3.63) is 0 Å². The summed E-state index contributed by atoms with van der Waals surface area (Å²) in [6.07, 6.45) is 9.62. The lowest BCUT2D eigenvalue weighted by molar-refractivity contribution is 0.0320. The van der Waals surface area contributed by atoms with Crippen molar-refractivity contribution in [3.63, 3.8) is 0 Å². The third-order valence-corrected chi connectivity index (χ3v) is 6.80. The Kier molecular flexibility index (Phi) is 3.56. The summed E-state index contributed by atoms with van der Waals surface area (Å²) >= 11 is 0. The fourth-order valence-corrected chi connectivity index (χ4v) is 5.34. The lowest BCUT2D eigenvalue weighted by Gasteiger charge is -2.57. The molecular formula is C13H25NO2S. The summed E-state index contributed by atoms with van der Waals surface area (Å²) in [6, 6.07) is 0. The van der Waals surface area contributed by atoms with E-state index in [1.807, 2.05) is 6.92 Å². The van der Waals surface area contributed by atoms with Gasteiger partial charge in [-0.15, -0.1) is 0 Å². The number of sulfone groups is 1. The maximum Gasteiger partial charge on any atom is 0.154 e. The summed E-state index contributed by atoms with van der Waals surface area (Å²) in [7, 11) is -2.94. The molecule has 0 atom stereocenters. The van der Waals surface area contributed by atoms with Crippen LogP contribution in [0.5, 0.6) is 0 Å². The SMILES string of the molecule is CCNCC1(S(C)(=O)=O)CC2(CCCCC2)C1. The van der Waals surface area contributed by atoms with Gasteiger partial charge in [0.25, 0.3) is 0 Å². The topological polar surface area (TPSA) is 46.2 Å². The standard InChI is InChI=1S/C13H25NO2S/c1-3-14-11-13(17(2,15)16)9-12(10-13)7-5-4-6-8-12/h14H,3-11H2,1-2H3. The van der Waals surface area contributed by atoms with Crippen LogP contribution >= 0.6 is 0 Å². The van der Waals surface area contributed by atoms with Crippen LogP contribution in [0, 0.1) is 5.41 Å². The average molecular weight is 259 g/mol. The van der Waals surface area contributed by atoms with Crippen LogP contribution in [-0.2, 0) is 9.84 Å². The Labute approximate surface area is 105 Å². The monoisotopic (exact) mass is 259 g/mol. The molecule has 2 aliphatic rings. The van der Waals surface area contributed by atoms with E-state index in [9.17, 15) is 8.42 Å². The highest BCUT2D eigenvalue weighted by atomic mass is 32.2. The lowest BCUT2D eigenvalue weighted by Crippen LogP contribution is -2.61. The highest BCUT2D eigenvalue weighted by molar-refractivity contribution is 7.92. The second kappa shape index (κ2) is 4.54. The van der Waals surface area contributed by atoms with Crippen molar-refractivity contribution in [1.82, 2.24) is 5.32 Å². The molecule has 0 aromatic carbocycles. The third kappa shape index (κ3) is 2.39. The summed E-state index contributed by atoms with van der Waals surface area (Å²) in [6.45, 7) is 3.53. The quantitative estimate of drug-likeness (QED) is 0.841. The highest BCUT2D eigenvalue weighted by Gasteiger charge is 2.59. The van der Waals surface area contributed by atoms with Crippen molar-refractivity contribution in [3.8, 4) is 0 Å². The number of hydrogen-bond acceptors (Lipinski definition) is 3. The van der Waals surface area contributed by atoms with E-state index in [-0.39, 0.29) is 0 Å². The second-order valence-corrected chi connectivity index (χ2v) is 8.56. The number of hydrogen-bond donors (Lipinski definition) is 1. The van der Waals surface area contributed by atoms with Crippen molar-refractivity contribution < 1.29 is 8.42 Å². The van der Waals surface area contributed by atoms with E-state index in [2.05, 4.69) is 5.32 Å². The van der Waals surface area contributed by atoms with E-state index < -0.39 is 14.6 Å². The van der Waals surface area contributed by atoms with E-state index in [1.165, 1.54) is 38.4 Å². The molecule has 2 aliphatic carbocycles. The molecule has 100 valence electrons. The van der Waals surface area contributed by atoms with Crippen molar-refractivity contribution in [1.29, 1.82) is 0 Å². The van der Waals surface area contributed by atoms with E-state index in [0.29, 0.717) is 12.0 Å². The van der Waals surface area contributed by atoms with Gasteiger partial charge in [-0.1, -0.05) is 26.2 Å². The molecule has 0 amide bonds. The summed E-state index contributed by atoms with van der Waals surface area (Å²) in [5, 5.41) is 3.24. The van der Waals surface area contributed by atoms with Gasteiger partial charge in [0, 0.05) is 12.8 Å². The molecule has 0 aromatic rings. The summed E-state index contributed by atoms with van der Waals surface area (Å²) in [5.41, 5.74) is 0.372. The molecule has 3 nitrogen and oxygen atoms in total. The Morgan fingerprint density at radius 1 is 1.12 bits per heavy atom. The van der Waals surface area contributed by atoms with Gasteiger partial charge in [0.05, 0.1) is 4.75 Å². The molecule has 1 spiro atoms. The Morgan fingerprint density at radius 3 is 2.18 bits per heavy atom. The molecule has 2 fully saturated rings. The van der Waals surface area contributed by atoms with Gasteiger partial charge in [0.15, 0.2) is 9.84 Å². The van der Waals surface area contributed by atoms with Crippen LogP contribution in [0.1, 0.15) is 51.9 Å². The summed E-state index contributed by atoms with van der Waals surface area (Å²) < 4.78 is 23.6. The Hall–Kier alpha value is -0.0900. The molecule has 0 unspecified atom stereocenters. The highest BCUT2D eigenvalue weighted by Crippen LogP contribution is 2.59. The van der Waals surface area contributed by atoms with E-state index in [0.717, 1.165) is 19.4 Å². The normalized spacial score (nSPS) is 26.7. The van der Waals surface area contributed by atoms with Crippen LogP contribution in [-0.4, -0.2) is 32.5 Å². The van der Waals surface area contributed by atoms with Gasteiger partial charge in [-0.3, -0.25) is 0 Å². The molecule has 0 heterocycles. The minimum Gasteiger partial charge on any atom is -0.315 e. The minimum absolute atomic E-state index is 0.372. The zero-order chi connectivity index (χ0) is 12.6. The Balaban J connectivity index is 2.07. The van der Waals surface area contributed by atoms with Crippen molar-refractivity contribution in [2.24, 2.45) is 5.41 Å². The molecular weight excluding hydrogens is 234 g/mol. The Bertz CT molecular complexity index is 361. The van der Waals surface area contributed by atoms with Gasteiger partial charge in [0.1, 0.15) is 0 Å².